The Balaban J connectivity index is 1.82. The average Bonchev–Trinajstić information content (AvgIpc) is 2.64. The van der Waals surface area contributed by atoms with Gasteiger partial charge in [-0.25, -0.2) is 4.39 Å². The molecule has 0 saturated carbocycles. The van der Waals surface area contributed by atoms with E-state index in [1.807, 2.05) is 0 Å². The molecule has 3 aromatic carbocycles. The molecule has 0 aliphatic carbocycles. The second kappa shape index (κ2) is 8.01. The van der Waals surface area contributed by atoms with Crippen molar-refractivity contribution >= 4 is 34.8 Å². The molecule has 0 unspecified atom stereocenters. The van der Waals surface area contributed by atoms with Crippen molar-refractivity contribution in [3.8, 4) is 0 Å². The highest BCUT2D eigenvalue weighted by Gasteiger charge is 2.16. The number of rotatable bonds is 4. The van der Waals surface area contributed by atoms with Crippen LogP contribution < -0.4 is 10.6 Å². The molecule has 6 heteroatoms. The summed E-state index contributed by atoms with van der Waals surface area (Å²) in [7, 11) is 0. The number of aryl methyl sites for hydroxylation is 1. The summed E-state index contributed by atoms with van der Waals surface area (Å²) in [6.07, 6.45) is 0. The maximum absolute atomic E-state index is 14.0. The van der Waals surface area contributed by atoms with Gasteiger partial charge in [-0.05, 0) is 61.0 Å². The zero-order valence-electron chi connectivity index (χ0n) is 14.4. The Hall–Kier alpha value is -3.18. The number of para-hydroxylation sites is 1. The number of carbonyl (C=O) groups excluding carboxylic acids is 2. The molecule has 3 aromatic rings. The Morgan fingerprint density at radius 1 is 0.852 bits per heavy atom. The van der Waals surface area contributed by atoms with Crippen molar-refractivity contribution in [2.75, 3.05) is 10.6 Å². The number of carbonyl (C=O) groups is 2. The predicted molar refractivity (Wildman–Crippen MR) is 105 cm³/mol. The van der Waals surface area contributed by atoms with Crippen LogP contribution in [0, 0.1) is 12.7 Å². The summed E-state index contributed by atoms with van der Waals surface area (Å²) in [4.78, 5) is 25.0. The predicted octanol–water partition coefficient (Wildman–Crippen LogP) is 5.29. The first-order valence-corrected chi connectivity index (χ1v) is 8.55. The summed E-state index contributed by atoms with van der Waals surface area (Å²) in [5.74, 6) is -1.65. The van der Waals surface area contributed by atoms with Gasteiger partial charge in [0, 0.05) is 10.7 Å². The van der Waals surface area contributed by atoms with E-state index >= 15 is 0 Å². The molecule has 0 saturated heterocycles. The van der Waals surface area contributed by atoms with Crippen molar-refractivity contribution in [2.24, 2.45) is 0 Å². The molecule has 27 heavy (non-hydrogen) atoms. The number of halogens is 2. The van der Waals surface area contributed by atoms with Crippen LogP contribution in [-0.4, -0.2) is 11.8 Å². The van der Waals surface area contributed by atoms with Gasteiger partial charge in [0.1, 0.15) is 5.82 Å². The molecule has 0 radical (unpaired) electrons. The Morgan fingerprint density at radius 2 is 1.52 bits per heavy atom. The van der Waals surface area contributed by atoms with Crippen LogP contribution in [0.15, 0.2) is 66.7 Å². The van der Waals surface area contributed by atoms with Gasteiger partial charge in [-0.2, -0.15) is 0 Å². The molecule has 2 N–H and O–H groups in total. The molecule has 0 aliphatic rings. The zero-order chi connectivity index (χ0) is 19.4. The highest BCUT2D eigenvalue weighted by Crippen LogP contribution is 2.20. The fourth-order valence-corrected chi connectivity index (χ4v) is 2.64. The van der Waals surface area contributed by atoms with Crippen LogP contribution in [0.5, 0.6) is 0 Å². The first-order chi connectivity index (χ1) is 12.9. The number of nitrogens with one attached hydrogen (secondary N) is 2. The Kier molecular flexibility index (Phi) is 5.52. The summed E-state index contributed by atoms with van der Waals surface area (Å²) in [5.41, 5.74) is 1.73. The highest BCUT2D eigenvalue weighted by molar-refractivity contribution is 6.30. The molecule has 136 valence electrons. The van der Waals surface area contributed by atoms with Crippen LogP contribution in [-0.2, 0) is 0 Å². The molecule has 4 nitrogen and oxygen atoms in total. The second-order valence-corrected chi connectivity index (χ2v) is 6.38. The summed E-state index contributed by atoms with van der Waals surface area (Å²) < 4.78 is 14.0. The van der Waals surface area contributed by atoms with E-state index in [0.29, 0.717) is 16.3 Å². The number of hydrogen-bond donors (Lipinski definition) is 2. The van der Waals surface area contributed by atoms with Crippen molar-refractivity contribution in [1.29, 1.82) is 0 Å². The van der Waals surface area contributed by atoms with Crippen LogP contribution in [0.3, 0.4) is 0 Å². The fourth-order valence-electron chi connectivity index (χ4n) is 2.52. The van der Waals surface area contributed by atoms with Crippen LogP contribution in [0.2, 0.25) is 5.02 Å². The normalized spacial score (nSPS) is 10.3. The maximum atomic E-state index is 14.0. The SMILES string of the molecule is Cc1ccc(C(=O)Nc2ccccc2C(=O)Nc2ccc(Cl)cc2)c(F)c1. The first-order valence-electron chi connectivity index (χ1n) is 8.17. The van der Waals surface area contributed by atoms with E-state index in [9.17, 15) is 14.0 Å². The van der Waals surface area contributed by atoms with Gasteiger partial charge in [-0.15, -0.1) is 0 Å². The standard InChI is InChI=1S/C21H16ClFN2O2/c1-13-6-11-16(18(23)12-13)20(26)25-19-5-3-2-4-17(19)21(27)24-15-9-7-14(22)8-10-15/h2-12H,1H3,(H,24,27)(H,25,26). The van der Waals surface area contributed by atoms with Crippen molar-refractivity contribution in [3.63, 3.8) is 0 Å². The van der Waals surface area contributed by atoms with Crippen LogP contribution in [0.1, 0.15) is 26.3 Å². The van der Waals surface area contributed by atoms with E-state index in [-0.39, 0.29) is 16.8 Å². The molecule has 0 bridgehead atoms. The van der Waals surface area contributed by atoms with Crippen LogP contribution >= 0.6 is 11.6 Å². The fraction of sp³-hybridized carbons (Fsp3) is 0.0476. The van der Waals surface area contributed by atoms with Gasteiger partial charge in [0.2, 0.25) is 0 Å². The Labute approximate surface area is 161 Å². The minimum Gasteiger partial charge on any atom is -0.322 e. The van der Waals surface area contributed by atoms with E-state index in [1.54, 1.807) is 61.5 Å². The second-order valence-electron chi connectivity index (χ2n) is 5.94. The topological polar surface area (TPSA) is 58.2 Å². The quantitative estimate of drug-likeness (QED) is 0.644. The molecular weight excluding hydrogens is 367 g/mol. The van der Waals surface area contributed by atoms with E-state index in [2.05, 4.69) is 10.6 Å². The summed E-state index contributed by atoms with van der Waals surface area (Å²) >= 11 is 5.84. The monoisotopic (exact) mass is 382 g/mol. The van der Waals surface area contributed by atoms with Crippen molar-refractivity contribution < 1.29 is 14.0 Å². The minimum absolute atomic E-state index is 0.0893. The number of anilines is 2. The smallest absolute Gasteiger partial charge is 0.258 e. The van der Waals surface area contributed by atoms with Crippen LogP contribution in [0.25, 0.3) is 0 Å². The maximum Gasteiger partial charge on any atom is 0.258 e. The molecule has 2 amide bonds. The van der Waals surface area contributed by atoms with E-state index in [4.69, 9.17) is 11.6 Å². The lowest BCUT2D eigenvalue weighted by Gasteiger charge is -2.12. The molecule has 0 spiro atoms. The summed E-state index contributed by atoms with van der Waals surface area (Å²) in [5, 5.41) is 5.89. The van der Waals surface area contributed by atoms with Crippen molar-refractivity contribution in [3.05, 3.63) is 94.3 Å². The number of hydrogen-bond acceptors (Lipinski definition) is 2. The van der Waals surface area contributed by atoms with Gasteiger partial charge in [-0.3, -0.25) is 9.59 Å². The third-order valence-corrected chi connectivity index (χ3v) is 4.14. The van der Waals surface area contributed by atoms with Gasteiger partial charge in [0.25, 0.3) is 11.8 Å². The molecule has 0 fully saturated rings. The largest absolute Gasteiger partial charge is 0.322 e. The molecule has 0 aromatic heterocycles. The lowest BCUT2D eigenvalue weighted by Crippen LogP contribution is -2.19. The molecular formula is C21H16ClFN2O2. The molecule has 0 aliphatic heterocycles. The number of benzene rings is 3. The van der Waals surface area contributed by atoms with Gasteiger partial charge < -0.3 is 10.6 Å². The van der Waals surface area contributed by atoms with Crippen molar-refractivity contribution in [2.45, 2.75) is 6.92 Å². The van der Waals surface area contributed by atoms with E-state index in [1.165, 1.54) is 12.1 Å². The van der Waals surface area contributed by atoms with Gasteiger partial charge in [-0.1, -0.05) is 29.8 Å². The van der Waals surface area contributed by atoms with Gasteiger partial charge in [0.15, 0.2) is 0 Å². The van der Waals surface area contributed by atoms with E-state index < -0.39 is 17.6 Å². The van der Waals surface area contributed by atoms with Crippen molar-refractivity contribution in [1.82, 2.24) is 0 Å². The molecule has 0 atom stereocenters. The highest BCUT2D eigenvalue weighted by atomic mass is 35.5. The van der Waals surface area contributed by atoms with E-state index in [0.717, 1.165) is 0 Å². The number of amides is 2. The Bertz CT molecular complexity index is 1000. The third-order valence-electron chi connectivity index (χ3n) is 3.89. The first kappa shape index (κ1) is 18.6. The van der Waals surface area contributed by atoms with Gasteiger partial charge >= 0.3 is 0 Å². The lowest BCUT2D eigenvalue weighted by molar-refractivity contribution is 0.102. The molecule has 3 rings (SSSR count). The van der Waals surface area contributed by atoms with Gasteiger partial charge in [0.05, 0.1) is 16.8 Å². The van der Waals surface area contributed by atoms with Crippen LogP contribution in [0.4, 0.5) is 15.8 Å². The minimum atomic E-state index is -0.626. The third kappa shape index (κ3) is 4.51. The zero-order valence-corrected chi connectivity index (χ0v) is 15.2. The molecule has 0 heterocycles. The lowest BCUT2D eigenvalue weighted by atomic mass is 10.1. The summed E-state index contributed by atoms with van der Waals surface area (Å²) in [6, 6.07) is 17.5. The summed E-state index contributed by atoms with van der Waals surface area (Å²) in [6.45, 7) is 1.74. The average molecular weight is 383 g/mol. The Morgan fingerprint density at radius 3 is 2.22 bits per heavy atom.